The lowest BCUT2D eigenvalue weighted by atomic mass is 10.0. The molecule has 15 heavy (non-hydrogen) atoms. The Labute approximate surface area is 90.5 Å². The minimum Gasteiger partial charge on any atom is -0.336 e. The zero-order valence-corrected chi connectivity index (χ0v) is 9.35. The van der Waals surface area contributed by atoms with Gasteiger partial charge in [0, 0.05) is 31.0 Å². The average molecular weight is 206 g/mol. The molecule has 0 radical (unpaired) electrons. The van der Waals surface area contributed by atoms with Gasteiger partial charge in [0.25, 0.3) is 0 Å². The summed E-state index contributed by atoms with van der Waals surface area (Å²) in [5.74, 6) is 1.47. The lowest BCUT2D eigenvalue weighted by Gasteiger charge is -2.25. The topological polar surface area (TPSA) is 55.0 Å². The molecule has 1 aromatic rings. The highest BCUT2D eigenvalue weighted by Crippen LogP contribution is 2.26. The summed E-state index contributed by atoms with van der Waals surface area (Å²) in [4.78, 5) is 11.0. The van der Waals surface area contributed by atoms with Crippen LogP contribution in [-0.2, 0) is 0 Å². The summed E-state index contributed by atoms with van der Waals surface area (Å²) in [6, 6.07) is 2.31. The average Bonchev–Trinajstić information content (AvgIpc) is 2.59. The highest BCUT2D eigenvalue weighted by Gasteiger charge is 2.31. The van der Waals surface area contributed by atoms with E-state index in [0.29, 0.717) is 18.5 Å². The lowest BCUT2D eigenvalue weighted by molar-refractivity contribution is 0.515. The highest BCUT2D eigenvalue weighted by atomic mass is 15.3. The molecule has 2 rings (SSSR count). The minimum atomic E-state index is 0.395. The summed E-state index contributed by atoms with van der Waals surface area (Å²) in [7, 11) is 0. The summed E-state index contributed by atoms with van der Waals surface area (Å²) in [6.45, 7) is 5.93. The summed E-state index contributed by atoms with van der Waals surface area (Å²) in [5.41, 5.74) is 6.80. The molecule has 4 nitrogen and oxygen atoms in total. The van der Waals surface area contributed by atoms with Crippen molar-refractivity contribution in [2.45, 2.75) is 26.3 Å². The third-order valence-corrected chi connectivity index (χ3v) is 3.16. The van der Waals surface area contributed by atoms with Crippen molar-refractivity contribution in [1.82, 2.24) is 9.97 Å². The maximum absolute atomic E-state index is 5.79. The van der Waals surface area contributed by atoms with Crippen LogP contribution in [0.3, 0.4) is 0 Å². The Kier molecular flexibility index (Phi) is 2.86. The van der Waals surface area contributed by atoms with Gasteiger partial charge in [-0.3, -0.25) is 0 Å². The normalized spacial score (nSPS) is 25.9. The van der Waals surface area contributed by atoms with Gasteiger partial charge in [-0.05, 0) is 25.3 Å². The fourth-order valence-corrected chi connectivity index (χ4v) is 2.19. The van der Waals surface area contributed by atoms with Crippen molar-refractivity contribution in [3.63, 3.8) is 0 Å². The monoisotopic (exact) mass is 206 g/mol. The van der Waals surface area contributed by atoms with Gasteiger partial charge in [0.2, 0.25) is 5.95 Å². The Bertz CT molecular complexity index is 339. The van der Waals surface area contributed by atoms with Gasteiger partial charge in [-0.1, -0.05) is 6.92 Å². The summed E-state index contributed by atoms with van der Waals surface area (Å²) in [5, 5.41) is 0. The molecular weight excluding hydrogens is 188 g/mol. The van der Waals surface area contributed by atoms with E-state index in [0.717, 1.165) is 18.2 Å². The van der Waals surface area contributed by atoms with Crippen LogP contribution < -0.4 is 10.6 Å². The lowest BCUT2D eigenvalue weighted by Crippen LogP contribution is -2.39. The van der Waals surface area contributed by atoms with E-state index in [2.05, 4.69) is 21.8 Å². The zero-order valence-electron chi connectivity index (χ0n) is 9.35. The summed E-state index contributed by atoms with van der Waals surface area (Å²) < 4.78 is 0. The van der Waals surface area contributed by atoms with Crippen LogP contribution in [-0.4, -0.2) is 29.1 Å². The van der Waals surface area contributed by atoms with Crippen LogP contribution in [0, 0.1) is 12.8 Å². The van der Waals surface area contributed by atoms with Gasteiger partial charge in [-0.25, -0.2) is 9.97 Å². The molecule has 2 N–H and O–H groups in total. The SMILES string of the molecule is Cc1ccnc(N2CCC(C)C2CN)n1. The number of hydrogen-bond acceptors (Lipinski definition) is 4. The van der Waals surface area contributed by atoms with Crippen molar-refractivity contribution in [2.24, 2.45) is 11.7 Å². The van der Waals surface area contributed by atoms with E-state index < -0.39 is 0 Å². The van der Waals surface area contributed by atoms with E-state index in [1.165, 1.54) is 6.42 Å². The Hall–Kier alpha value is -1.16. The van der Waals surface area contributed by atoms with Crippen LogP contribution in [0.1, 0.15) is 19.0 Å². The van der Waals surface area contributed by atoms with Crippen LogP contribution >= 0.6 is 0 Å². The molecule has 2 heterocycles. The van der Waals surface area contributed by atoms with E-state index in [1.807, 2.05) is 19.2 Å². The van der Waals surface area contributed by atoms with Gasteiger partial charge < -0.3 is 10.6 Å². The van der Waals surface area contributed by atoms with Gasteiger partial charge in [0.1, 0.15) is 0 Å². The first-order valence-corrected chi connectivity index (χ1v) is 5.48. The Morgan fingerprint density at radius 1 is 1.60 bits per heavy atom. The van der Waals surface area contributed by atoms with Crippen LogP contribution in [0.4, 0.5) is 5.95 Å². The molecule has 4 heteroatoms. The fraction of sp³-hybridized carbons (Fsp3) is 0.636. The molecule has 2 unspecified atom stereocenters. The molecule has 1 aromatic heterocycles. The second kappa shape index (κ2) is 4.14. The van der Waals surface area contributed by atoms with E-state index in [9.17, 15) is 0 Å². The standard InChI is InChI=1S/C11H18N4/c1-8-4-6-15(10(8)7-12)11-13-5-3-9(2)14-11/h3,5,8,10H,4,6-7,12H2,1-2H3. The van der Waals surface area contributed by atoms with Crippen molar-refractivity contribution in [2.75, 3.05) is 18.0 Å². The number of rotatable bonds is 2. The van der Waals surface area contributed by atoms with Crippen LogP contribution in [0.2, 0.25) is 0 Å². The Morgan fingerprint density at radius 2 is 2.40 bits per heavy atom. The second-order valence-corrected chi connectivity index (χ2v) is 4.26. The molecule has 0 bridgehead atoms. The predicted octanol–water partition coefficient (Wildman–Crippen LogP) is 0.959. The number of anilines is 1. The van der Waals surface area contributed by atoms with E-state index in [-0.39, 0.29) is 0 Å². The van der Waals surface area contributed by atoms with Crippen LogP contribution in [0.5, 0.6) is 0 Å². The van der Waals surface area contributed by atoms with Crippen LogP contribution in [0.25, 0.3) is 0 Å². The van der Waals surface area contributed by atoms with Gasteiger partial charge in [0.05, 0.1) is 0 Å². The molecule has 0 aromatic carbocycles. The molecule has 0 saturated carbocycles. The van der Waals surface area contributed by atoms with E-state index in [1.54, 1.807) is 0 Å². The molecule has 0 spiro atoms. The first kappa shape index (κ1) is 10.4. The highest BCUT2D eigenvalue weighted by molar-refractivity contribution is 5.34. The van der Waals surface area contributed by atoms with Gasteiger partial charge in [-0.2, -0.15) is 0 Å². The first-order chi connectivity index (χ1) is 7.22. The third-order valence-electron chi connectivity index (χ3n) is 3.16. The van der Waals surface area contributed by atoms with Crippen molar-refractivity contribution in [1.29, 1.82) is 0 Å². The molecule has 1 fully saturated rings. The second-order valence-electron chi connectivity index (χ2n) is 4.26. The molecule has 0 aliphatic carbocycles. The Morgan fingerprint density at radius 3 is 3.07 bits per heavy atom. The van der Waals surface area contributed by atoms with Crippen molar-refractivity contribution >= 4 is 5.95 Å². The molecule has 0 amide bonds. The number of nitrogens with two attached hydrogens (primary N) is 1. The van der Waals surface area contributed by atoms with E-state index in [4.69, 9.17) is 5.73 Å². The number of aryl methyl sites for hydroxylation is 1. The largest absolute Gasteiger partial charge is 0.336 e. The first-order valence-electron chi connectivity index (χ1n) is 5.48. The quantitative estimate of drug-likeness (QED) is 0.783. The van der Waals surface area contributed by atoms with Gasteiger partial charge in [-0.15, -0.1) is 0 Å². The molecule has 1 aliphatic rings. The number of aromatic nitrogens is 2. The van der Waals surface area contributed by atoms with Crippen molar-refractivity contribution in [3.8, 4) is 0 Å². The number of nitrogens with zero attached hydrogens (tertiary/aromatic N) is 3. The maximum atomic E-state index is 5.79. The third kappa shape index (κ3) is 1.95. The van der Waals surface area contributed by atoms with Crippen molar-refractivity contribution in [3.05, 3.63) is 18.0 Å². The summed E-state index contributed by atoms with van der Waals surface area (Å²) >= 11 is 0. The van der Waals surface area contributed by atoms with E-state index >= 15 is 0 Å². The molecular formula is C11H18N4. The Balaban J connectivity index is 2.23. The maximum Gasteiger partial charge on any atom is 0.225 e. The molecule has 1 saturated heterocycles. The zero-order chi connectivity index (χ0) is 10.8. The van der Waals surface area contributed by atoms with Gasteiger partial charge in [0.15, 0.2) is 0 Å². The smallest absolute Gasteiger partial charge is 0.225 e. The molecule has 2 atom stereocenters. The predicted molar refractivity (Wildman–Crippen MR) is 60.7 cm³/mol. The van der Waals surface area contributed by atoms with Crippen molar-refractivity contribution < 1.29 is 0 Å². The van der Waals surface area contributed by atoms with Crippen LogP contribution in [0.15, 0.2) is 12.3 Å². The molecule has 82 valence electrons. The molecule has 1 aliphatic heterocycles. The number of hydrogen-bond donors (Lipinski definition) is 1. The fourth-order valence-electron chi connectivity index (χ4n) is 2.19. The van der Waals surface area contributed by atoms with Gasteiger partial charge >= 0.3 is 0 Å². The summed E-state index contributed by atoms with van der Waals surface area (Å²) in [6.07, 6.45) is 2.99. The minimum absolute atomic E-state index is 0.395.